The quantitative estimate of drug-likeness (QED) is 0.673. The van der Waals surface area contributed by atoms with Gasteiger partial charge in [0.1, 0.15) is 0 Å². The molecule has 0 saturated carbocycles. The highest BCUT2D eigenvalue weighted by Crippen LogP contribution is 1.98. The van der Waals surface area contributed by atoms with Gasteiger partial charge in [-0.3, -0.25) is 9.35 Å². The van der Waals surface area contributed by atoms with Crippen LogP contribution in [0.15, 0.2) is 0 Å². The zero-order valence-corrected chi connectivity index (χ0v) is 7.97. The first-order valence-corrected chi connectivity index (χ1v) is 5.06. The Morgan fingerprint density at radius 2 is 2.00 bits per heavy atom. The molecular formula is C6H13NO4S. The number of unbranched alkanes of at least 4 members (excludes halogenated alkanes) is 1. The highest BCUT2D eigenvalue weighted by atomic mass is 32.2. The number of carbonyl (C=O) groups excluding carboxylic acids is 1. The number of nitrogens with zero attached hydrogens (tertiary/aromatic N) is 1. The van der Waals surface area contributed by atoms with Gasteiger partial charge in [-0.05, 0) is 6.42 Å². The summed E-state index contributed by atoms with van der Waals surface area (Å²) in [5.74, 6) is 0. The predicted octanol–water partition coefficient (Wildman–Crippen LogP) is 0.726. The van der Waals surface area contributed by atoms with Gasteiger partial charge in [0.2, 0.25) is 0 Å². The zero-order chi connectivity index (χ0) is 9.78. The molecule has 0 aromatic carbocycles. The minimum atomic E-state index is -4.55. The Balaban J connectivity index is 4.12. The topological polar surface area (TPSA) is 74.7 Å². The second kappa shape index (κ2) is 4.42. The number of amides is 1. The lowest BCUT2D eigenvalue weighted by Crippen LogP contribution is -2.32. The highest BCUT2D eigenvalue weighted by molar-refractivity contribution is 8.01. The lowest BCUT2D eigenvalue weighted by atomic mass is 10.3. The van der Waals surface area contributed by atoms with Gasteiger partial charge < -0.3 is 4.90 Å². The van der Waals surface area contributed by atoms with Gasteiger partial charge in [0, 0.05) is 13.6 Å². The molecule has 72 valence electrons. The Bertz CT molecular complexity index is 246. The van der Waals surface area contributed by atoms with E-state index < -0.39 is 15.4 Å². The molecule has 0 aliphatic heterocycles. The summed E-state index contributed by atoms with van der Waals surface area (Å²) < 4.78 is 28.9. The van der Waals surface area contributed by atoms with E-state index in [1.165, 1.54) is 7.05 Å². The van der Waals surface area contributed by atoms with Crippen LogP contribution in [-0.2, 0) is 10.1 Å². The van der Waals surface area contributed by atoms with E-state index in [9.17, 15) is 13.2 Å². The van der Waals surface area contributed by atoms with Gasteiger partial charge in [-0.2, -0.15) is 8.42 Å². The van der Waals surface area contributed by atoms with E-state index in [1.807, 2.05) is 6.92 Å². The highest BCUT2D eigenvalue weighted by Gasteiger charge is 2.22. The van der Waals surface area contributed by atoms with Crippen LogP contribution in [0.3, 0.4) is 0 Å². The minimum absolute atomic E-state index is 0.342. The van der Waals surface area contributed by atoms with Gasteiger partial charge in [0.25, 0.3) is 0 Å². The van der Waals surface area contributed by atoms with Crippen molar-refractivity contribution < 1.29 is 17.8 Å². The standard InChI is InChI=1S/C6H13NO4S/c1-3-4-5-7(2)6(8)12(9,10)11/h3-5H2,1-2H3,(H,9,10,11). The average Bonchev–Trinajstić information content (AvgIpc) is 1.97. The largest absolute Gasteiger partial charge is 0.365 e. The van der Waals surface area contributed by atoms with Crippen LogP contribution in [0.2, 0.25) is 0 Å². The summed E-state index contributed by atoms with van der Waals surface area (Å²) in [7, 11) is -3.21. The molecule has 0 saturated heterocycles. The van der Waals surface area contributed by atoms with Crippen molar-refractivity contribution >= 4 is 15.4 Å². The van der Waals surface area contributed by atoms with E-state index in [1.54, 1.807) is 0 Å². The molecule has 5 nitrogen and oxygen atoms in total. The monoisotopic (exact) mass is 195 g/mol. The van der Waals surface area contributed by atoms with E-state index in [4.69, 9.17) is 4.55 Å². The Kier molecular flexibility index (Phi) is 4.19. The summed E-state index contributed by atoms with van der Waals surface area (Å²) in [6, 6.07) is 0. The van der Waals surface area contributed by atoms with Gasteiger partial charge in [0.05, 0.1) is 0 Å². The molecule has 0 aromatic heterocycles. The van der Waals surface area contributed by atoms with Crippen LogP contribution >= 0.6 is 0 Å². The van der Waals surface area contributed by atoms with Gasteiger partial charge in [0.15, 0.2) is 0 Å². The summed E-state index contributed by atoms with van der Waals surface area (Å²) in [6.07, 6.45) is 1.58. The summed E-state index contributed by atoms with van der Waals surface area (Å²) in [5.41, 5.74) is 0. The minimum Gasteiger partial charge on any atom is -0.330 e. The van der Waals surface area contributed by atoms with Crippen molar-refractivity contribution in [2.45, 2.75) is 19.8 Å². The molecule has 0 fully saturated rings. The molecule has 0 aromatic rings. The molecule has 0 bridgehead atoms. The molecule has 6 heteroatoms. The van der Waals surface area contributed by atoms with E-state index in [0.29, 0.717) is 6.54 Å². The zero-order valence-electron chi connectivity index (χ0n) is 7.15. The van der Waals surface area contributed by atoms with Crippen molar-refractivity contribution in [2.75, 3.05) is 13.6 Å². The molecule has 0 aliphatic rings. The fourth-order valence-corrected chi connectivity index (χ4v) is 1.17. The maximum atomic E-state index is 10.8. The van der Waals surface area contributed by atoms with Gasteiger partial charge in [-0.25, -0.2) is 0 Å². The number of hydrogen-bond acceptors (Lipinski definition) is 3. The lowest BCUT2D eigenvalue weighted by Gasteiger charge is -2.13. The van der Waals surface area contributed by atoms with Crippen molar-refractivity contribution in [3.63, 3.8) is 0 Å². The third-order valence-electron chi connectivity index (χ3n) is 1.38. The maximum Gasteiger partial charge on any atom is 0.365 e. The molecule has 0 spiro atoms. The van der Waals surface area contributed by atoms with E-state index in [-0.39, 0.29) is 0 Å². The Morgan fingerprint density at radius 3 is 2.33 bits per heavy atom. The van der Waals surface area contributed by atoms with Crippen molar-refractivity contribution in [1.82, 2.24) is 4.90 Å². The van der Waals surface area contributed by atoms with E-state index in [2.05, 4.69) is 0 Å². The third kappa shape index (κ3) is 3.68. The third-order valence-corrected chi connectivity index (χ3v) is 2.13. The molecule has 1 N–H and O–H groups in total. The smallest absolute Gasteiger partial charge is 0.330 e. The van der Waals surface area contributed by atoms with Gasteiger partial charge >= 0.3 is 15.4 Å². The molecule has 0 atom stereocenters. The molecule has 1 amide bonds. The average molecular weight is 195 g/mol. The molecule has 0 unspecified atom stereocenters. The van der Waals surface area contributed by atoms with Crippen LogP contribution < -0.4 is 0 Å². The van der Waals surface area contributed by atoms with Crippen LogP contribution in [0.1, 0.15) is 19.8 Å². The lowest BCUT2D eigenvalue weighted by molar-refractivity contribution is 0.227. The Labute approximate surface area is 72.1 Å². The number of hydrogen-bond donors (Lipinski definition) is 1. The fraction of sp³-hybridized carbons (Fsp3) is 0.833. The fourth-order valence-electron chi connectivity index (χ4n) is 0.684. The van der Waals surface area contributed by atoms with Crippen LogP contribution in [0.25, 0.3) is 0 Å². The molecule has 12 heavy (non-hydrogen) atoms. The van der Waals surface area contributed by atoms with Crippen LogP contribution in [0, 0.1) is 0 Å². The molecule has 0 aliphatic carbocycles. The first-order valence-electron chi connectivity index (χ1n) is 3.62. The van der Waals surface area contributed by atoms with Crippen LogP contribution in [0.4, 0.5) is 4.79 Å². The summed E-state index contributed by atoms with van der Waals surface area (Å²) in [5, 5.41) is -1.24. The Hall–Kier alpha value is -0.620. The van der Waals surface area contributed by atoms with E-state index >= 15 is 0 Å². The van der Waals surface area contributed by atoms with Crippen LogP contribution in [0.5, 0.6) is 0 Å². The second-order valence-electron chi connectivity index (χ2n) is 2.52. The van der Waals surface area contributed by atoms with Crippen molar-refractivity contribution in [1.29, 1.82) is 0 Å². The normalized spacial score (nSPS) is 11.2. The summed E-state index contributed by atoms with van der Waals surface area (Å²) >= 11 is 0. The van der Waals surface area contributed by atoms with Gasteiger partial charge in [-0.1, -0.05) is 13.3 Å². The maximum absolute atomic E-state index is 10.8. The van der Waals surface area contributed by atoms with Crippen molar-refractivity contribution in [2.24, 2.45) is 0 Å². The second-order valence-corrected chi connectivity index (χ2v) is 3.82. The molecule has 0 heterocycles. The molecular weight excluding hydrogens is 182 g/mol. The SMILES string of the molecule is CCCCN(C)C(=O)S(=O)(=O)O. The Morgan fingerprint density at radius 1 is 1.50 bits per heavy atom. The van der Waals surface area contributed by atoms with Gasteiger partial charge in [-0.15, -0.1) is 0 Å². The van der Waals surface area contributed by atoms with Crippen molar-refractivity contribution in [3.8, 4) is 0 Å². The molecule has 0 radical (unpaired) electrons. The predicted molar refractivity (Wildman–Crippen MR) is 44.5 cm³/mol. The summed E-state index contributed by atoms with van der Waals surface area (Å²) in [6.45, 7) is 2.26. The van der Waals surface area contributed by atoms with E-state index in [0.717, 1.165) is 17.7 Å². The summed E-state index contributed by atoms with van der Waals surface area (Å²) in [4.78, 5) is 11.7. The molecule has 0 rings (SSSR count). The number of rotatable bonds is 3. The number of carbonyl (C=O) groups is 1. The first kappa shape index (κ1) is 11.4. The van der Waals surface area contributed by atoms with Crippen molar-refractivity contribution in [3.05, 3.63) is 0 Å². The first-order chi connectivity index (χ1) is 5.39. The van der Waals surface area contributed by atoms with Crippen LogP contribution in [-0.4, -0.2) is 36.7 Å².